The van der Waals surface area contributed by atoms with Crippen LogP contribution in [0.3, 0.4) is 0 Å². The van der Waals surface area contributed by atoms with Gasteiger partial charge in [-0.3, -0.25) is 4.79 Å². The molecule has 0 radical (unpaired) electrons. The quantitative estimate of drug-likeness (QED) is 0.784. The summed E-state index contributed by atoms with van der Waals surface area (Å²) in [5.41, 5.74) is -0.0359. The third-order valence-electron chi connectivity index (χ3n) is 4.11. The Kier molecular flexibility index (Phi) is 2.96. The Morgan fingerprint density at radius 1 is 1.28 bits per heavy atom. The fourth-order valence-electron chi connectivity index (χ4n) is 2.56. The Morgan fingerprint density at radius 3 is 2.28 bits per heavy atom. The van der Waals surface area contributed by atoms with E-state index >= 15 is 0 Å². The van der Waals surface area contributed by atoms with Crippen LogP contribution in [0.25, 0.3) is 0 Å². The molecule has 0 spiro atoms. The standard InChI is InChI=1S/C15H20FNO/c1-14(2,3)15(9-10-15)13(18)17(4)12-8-6-5-7-11(12)16/h5-8H,9-10H2,1-4H3. The van der Waals surface area contributed by atoms with Crippen LogP contribution in [0.2, 0.25) is 0 Å². The molecule has 0 atom stereocenters. The highest BCUT2D eigenvalue weighted by atomic mass is 19.1. The van der Waals surface area contributed by atoms with Gasteiger partial charge in [0, 0.05) is 7.05 Å². The number of carbonyl (C=O) groups excluding carboxylic acids is 1. The number of rotatable bonds is 2. The number of anilines is 1. The van der Waals surface area contributed by atoms with Gasteiger partial charge in [-0.15, -0.1) is 0 Å². The first-order valence-corrected chi connectivity index (χ1v) is 6.32. The maximum absolute atomic E-state index is 13.7. The van der Waals surface area contributed by atoms with Crippen molar-refractivity contribution in [2.75, 3.05) is 11.9 Å². The summed E-state index contributed by atoms with van der Waals surface area (Å²) in [6, 6.07) is 6.41. The van der Waals surface area contributed by atoms with Crippen molar-refractivity contribution in [2.24, 2.45) is 10.8 Å². The number of hydrogen-bond donors (Lipinski definition) is 0. The highest BCUT2D eigenvalue weighted by Gasteiger charge is 2.58. The Hall–Kier alpha value is -1.38. The second-order valence-corrected chi connectivity index (χ2v) is 6.15. The minimum atomic E-state index is -0.349. The third kappa shape index (κ3) is 1.92. The molecule has 0 heterocycles. The molecule has 0 unspecified atom stereocenters. The summed E-state index contributed by atoms with van der Waals surface area (Å²) < 4.78 is 13.7. The molecular formula is C15H20FNO. The van der Waals surface area contributed by atoms with Crippen LogP contribution in [-0.4, -0.2) is 13.0 Å². The molecule has 98 valence electrons. The van der Waals surface area contributed by atoms with Gasteiger partial charge >= 0.3 is 0 Å². The van der Waals surface area contributed by atoms with Crippen LogP contribution in [0.1, 0.15) is 33.6 Å². The van der Waals surface area contributed by atoms with E-state index in [0.29, 0.717) is 5.69 Å². The molecule has 1 aromatic rings. The van der Waals surface area contributed by atoms with E-state index in [1.807, 2.05) is 0 Å². The first-order valence-electron chi connectivity index (χ1n) is 6.32. The average molecular weight is 249 g/mol. The van der Waals surface area contributed by atoms with E-state index in [-0.39, 0.29) is 22.6 Å². The lowest BCUT2D eigenvalue weighted by Crippen LogP contribution is -2.41. The molecule has 1 saturated carbocycles. The zero-order valence-electron chi connectivity index (χ0n) is 11.5. The minimum absolute atomic E-state index is 0.0279. The summed E-state index contributed by atoms with van der Waals surface area (Å²) in [6.45, 7) is 6.23. The number of carbonyl (C=O) groups is 1. The van der Waals surface area contributed by atoms with Crippen LogP contribution < -0.4 is 4.90 Å². The van der Waals surface area contributed by atoms with Gasteiger partial charge in [-0.1, -0.05) is 32.9 Å². The fourth-order valence-corrected chi connectivity index (χ4v) is 2.56. The smallest absolute Gasteiger partial charge is 0.233 e. The zero-order chi connectivity index (χ0) is 13.6. The van der Waals surface area contributed by atoms with Crippen molar-refractivity contribution in [3.05, 3.63) is 30.1 Å². The van der Waals surface area contributed by atoms with Crippen molar-refractivity contribution < 1.29 is 9.18 Å². The van der Waals surface area contributed by atoms with Crippen LogP contribution >= 0.6 is 0 Å². The van der Waals surface area contributed by atoms with E-state index < -0.39 is 0 Å². The van der Waals surface area contributed by atoms with Gasteiger partial charge in [0.1, 0.15) is 5.82 Å². The van der Waals surface area contributed by atoms with E-state index in [2.05, 4.69) is 20.8 Å². The number of benzene rings is 1. The van der Waals surface area contributed by atoms with Crippen LogP contribution in [0, 0.1) is 16.6 Å². The molecule has 0 N–H and O–H groups in total. The number of hydrogen-bond acceptors (Lipinski definition) is 1. The van der Waals surface area contributed by atoms with Crippen molar-refractivity contribution in [3.63, 3.8) is 0 Å². The molecular weight excluding hydrogens is 229 g/mol. The molecule has 1 aliphatic carbocycles. The molecule has 2 rings (SSSR count). The van der Waals surface area contributed by atoms with Crippen molar-refractivity contribution >= 4 is 11.6 Å². The molecule has 1 amide bonds. The lowest BCUT2D eigenvalue weighted by atomic mass is 9.76. The molecule has 1 fully saturated rings. The Balaban J connectivity index is 2.29. The van der Waals surface area contributed by atoms with Gasteiger partial charge in [0.15, 0.2) is 0 Å². The summed E-state index contributed by atoms with van der Waals surface area (Å²) in [6.07, 6.45) is 1.79. The SMILES string of the molecule is CN(C(=O)C1(C(C)(C)C)CC1)c1ccccc1F. The first kappa shape index (κ1) is 13.1. The largest absolute Gasteiger partial charge is 0.312 e. The molecule has 0 aromatic heterocycles. The highest BCUT2D eigenvalue weighted by molar-refractivity contribution is 5.99. The molecule has 0 aliphatic heterocycles. The predicted octanol–water partition coefficient (Wildman–Crippen LogP) is 3.61. The minimum Gasteiger partial charge on any atom is -0.312 e. The van der Waals surface area contributed by atoms with Crippen LogP contribution in [-0.2, 0) is 4.79 Å². The van der Waals surface area contributed by atoms with Gasteiger partial charge in [-0.25, -0.2) is 4.39 Å². The Morgan fingerprint density at radius 2 is 1.83 bits per heavy atom. The van der Waals surface area contributed by atoms with Gasteiger partial charge in [0.25, 0.3) is 0 Å². The molecule has 0 saturated heterocycles. The molecule has 3 heteroatoms. The van der Waals surface area contributed by atoms with Gasteiger partial charge in [-0.2, -0.15) is 0 Å². The number of halogens is 1. The second-order valence-electron chi connectivity index (χ2n) is 6.15. The summed E-state index contributed by atoms with van der Waals surface area (Å²) in [5.74, 6) is -0.321. The van der Waals surface area contributed by atoms with Crippen molar-refractivity contribution in [2.45, 2.75) is 33.6 Å². The van der Waals surface area contributed by atoms with Crippen molar-refractivity contribution in [1.82, 2.24) is 0 Å². The number of nitrogens with zero attached hydrogens (tertiary/aromatic N) is 1. The fraction of sp³-hybridized carbons (Fsp3) is 0.533. The molecule has 0 bridgehead atoms. The topological polar surface area (TPSA) is 20.3 Å². The lowest BCUT2D eigenvalue weighted by molar-refractivity contribution is -0.127. The van der Waals surface area contributed by atoms with E-state index in [0.717, 1.165) is 12.8 Å². The average Bonchev–Trinajstić information content (AvgIpc) is 3.08. The van der Waals surface area contributed by atoms with E-state index in [1.54, 1.807) is 25.2 Å². The van der Waals surface area contributed by atoms with E-state index in [1.165, 1.54) is 11.0 Å². The zero-order valence-corrected chi connectivity index (χ0v) is 11.5. The van der Waals surface area contributed by atoms with Gasteiger partial charge in [-0.05, 0) is 30.4 Å². The summed E-state index contributed by atoms with van der Waals surface area (Å²) in [4.78, 5) is 14.1. The molecule has 2 nitrogen and oxygen atoms in total. The second kappa shape index (κ2) is 4.08. The normalized spacial score (nSPS) is 17.4. The van der Waals surface area contributed by atoms with Crippen LogP contribution in [0.15, 0.2) is 24.3 Å². The molecule has 1 aliphatic rings. The first-order chi connectivity index (χ1) is 8.29. The number of para-hydroxylation sites is 1. The highest BCUT2D eigenvalue weighted by Crippen LogP contribution is 2.59. The van der Waals surface area contributed by atoms with Crippen molar-refractivity contribution in [3.8, 4) is 0 Å². The van der Waals surface area contributed by atoms with Gasteiger partial charge < -0.3 is 4.90 Å². The molecule has 1 aromatic carbocycles. The summed E-state index contributed by atoms with van der Waals surface area (Å²) in [5, 5.41) is 0. The predicted molar refractivity (Wildman–Crippen MR) is 70.9 cm³/mol. The lowest BCUT2D eigenvalue weighted by Gasteiger charge is -2.33. The monoisotopic (exact) mass is 249 g/mol. The van der Waals surface area contributed by atoms with Crippen LogP contribution in [0.5, 0.6) is 0 Å². The maximum Gasteiger partial charge on any atom is 0.233 e. The van der Waals surface area contributed by atoms with E-state index in [4.69, 9.17) is 0 Å². The summed E-state index contributed by atoms with van der Waals surface area (Å²) >= 11 is 0. The Bertz CT molecular complexity index is 472. The van der Waals surface area contributed by atoms with Gasteiger partial charge in [0.05, 0.1) is 11.1 Å². The third-order valence-corrected chi connectivity index (χ3v) is 4.11. The van der Waals surface area contributed by atoms with E-state index in [9.17, 15) is 9.18 Å². The van der Waals surface area contributed by atoms with Crippen LogP contribution in [0.4, 0.5) is 10.1 Å². The number of amides is 1. The Labute approximate surface area is 108 Å². The maximum atomic E-state index is 13.7. The van der Waals surface area contributed by atoms with Gasteiger partial charge in [0.2, 0.25) is 5.91 Å². The summed E-state index contributed by atoms with van der Waals surface area (Å²) in [7, 11) is 1.66. The molecule has 18 heavy (non-hydrogen) atoms. The van der Waals surface area contributed by atoms with Crippen molar-refractivity contribution in [1.29, 1.82) is 0 Å².